The van der Waals surface area contributed by atoms with Gasteiger partial charge in [0, 0.05) is 6.20 Å². The van der Waals surface area contributed by atoms with Crippen LogP contribution in [0.3, 0.4) is 0 Å². The molecule has 1 N–H and O–H groups in total. The quantitative estimate of drug-likeness (QED) is 0.867. The maximum Gasteiger partial charge on any atom is 0.339 e. The molecule has 98 valence electrons. The zero-order valence-corrected chi connectivity index (χ0v) is 11.0. The first-order valence-electron chi connectivity index (χ1n) is 5.48. The first-order valence-corrected chi connectivity index (χ1v) is 6.63. The Morgan fingerprint density at radius 2 is 1.95 bits per heavy atom. The van der Waals surface area contributed by atoms with Gasteiger partial charge in [-0.05, 0) is 24.3 Å². The Bertz CT molecular complexity index is 585. The van der Waals surface area contributed by atoms with Gasteiger partial charge in [0.2, 0.25) is 0 Å². The average molecular weight is 276 g/mol. The summed E-state index contributed by atoms with van der Waals surface area (Å²) in [6, 6.07) is 12.1. The smallest absolute Gasteiger partial charge is 0.339 e. The average Bonchev–Trinajstić information content (AvgIpc) is 2.48. The largest absolute Gasteiger partial charge is 0.465 e. The monoisotopic (exact) mass is 276 g/mol. The van der Waals surface area contributed by atoms with Gasteiger partial charge in [0.05, 0.1) is 17.6 Å². The predicted molar refractivity (Wildman–Crippen MR) is 72.0 cm³/mol. The highest BCUT2D eigenvalue weighted by molar-refractivity contribution is 7.86. The summed E-state index contributed by atoms with van der Waals surface area (Å²) in [5.41, 5.74) is 0.346. The van der Waals surface area contributed by atoms with Crippen LogP contribution in [-0.4, -0.2) is 22.3 Å². The van der Waals surface area contributed by atoms with Gasteiger partial charge >= 0.3 is 5.97 Å². The molecule has 0 saturated carbocycles. The fourth-order valence-corrected chi connectivity index (χ4v) is 2.22. The fraction of sp³-hybridized carbons (Fsp3) is 0.0769. The predicted octanol–water partition coefficient (Wildman–Crippen LogP) is 2.00. The van der Waals surface area contributed by atoms with E-state index in [9.17, 15) is 9.00 Å². The number of ether oxygens (including phenoxy) is 1. The van der Waals surface area contributed by atoms with Gasteiger partial charge in [-0.3, -0.25) is 4.72 Å². The molecule has 0 aliphatic carbocycles. The van der Waals surface area contributed by atoms with E-state index in [-0.39, 0.29) is 0 Å². The molecule has 2 aromatic rings. The number of carbonyl (C=O) groups is 1. The van der Waals surface area contributed by atoms with Gasteiger partial charge in [-0.2, -0.15) is 0 Å². The first kappa shape index (κ1) is 13.2. The van der Waals surface area contributed by atoms with Crippen LogP contribution in [0.4, 0.5) is 5.82 Å². The number of pyridine rings is 1. The third-order valence-corrected chi connectivity index (χ3v) is 3.43. The van der Waals surface area contributed by atoms with Crippen molar-refractivity contribution in [3.63, 3.8) is 0 Å². The summed E-state index contributed by atoms with van der Waals surface area (Å²) in [5, 5.41) is 0. The lowest BCUT2D eigenvalue weighted by Crippen LogP contribution is -2.07. The van der Waals surface area contributed by atoms with E-state index in [0.717, 1.165) is 0 Å². The highest BCUT2D eigenvalue weighted by Crippen LogP contribution is 2.11. The summed E-state index contributed by atoms with van der Waals surface area (Å²) in [7, 11) is -0.0776. The number of hydrogen-bond donors (Lipinski definition) is 1. The van der Waals surface area contributed by atoms with E-state index in [4.69, 9.17) is 0 Å². The molecule has 0 aliphatic heterocycles. The molecule has 0 bridgehead atoms. The lowest BCUT2D eigenvalue weighted by Gasteiger charge is -2.05. The second-order valence-corrected chi connectivity index (χ2v) is 4.82. The van der Waals surface area contributed by atoms with Crippen LogP contribution in [0.25, 0.3) is 0 Å². The molecule has 1 aromatic carbocycles. The SMILES string of the molecule is COC(=O)c1ccc(NS(=O)c2ccccc2)nc1. The van der Waals surface area contributed by atoms with Gasteiger partial charge < -0.3 is 4.74 Å². The van der Waals surface area contributed by atoms with Crippen molar-refractivity contribution in [1.29, 1.82) is 0 Å². The van der Waals surface area contributed by atoms with Crippen LogP contribution in [0, 0.1) is 0 Å². The van der Waals surface area contributed by atoms with Gasteiger partial charge in [0.1, 0.15) is 5.82 Å². The molecule has 19 heavy (non-hydrogen) atoms. The second kappa shape index (κ2) is 6.10. The molecule has 0 spiro atoms. The van der Waals surface area contributed by atoms with Crippen molar-refractivity contribution in [3.05, 3.63) is 54.2 Å². The highest BCUT2D eigenvalue weighted by Gasteiger charge is 2.07. The summed E-state index contributed by atoms with van der Waals surface area (Å²) < 4.78 is 19.3. The molecule has 1 unspecified atom stereocenters. The summed E-state index contributed by atoms with van der Waals surface area (Å²) in [4.78, 5) is 15.9. The molecule has 1 heterocycles. The van der Waals surface area contributed by atoms with Gasteiger partial charge in [0.25, 0.3) is 0 Å². The van der Waals surface area contributed by atoms with Crippen LogP contribution in [0.5, 0.6) is 0 Å². The Kier molecular flexibility index (Phi) is 4.25. The lowest BCUT2D eigenvalue weighted by atomic mass is 10.3. The van der Waals surface area contributed by atoms with Crippen LogP contribution in [-0.2, 0) is 15.7 Å². The van der Waals surface area contributed by atoms with E-state index in [1.165, 1.54) is 13.3 Å². The van der Waals surface area contributed by atoms with Crippen LogP contribution in [0.15, 0.2) is 53.6 Å². The number of methoxy groups -OCH3 is 1. The number of nitrogens with zero attached hydrogens (tertiary/aromatic N) is 1. The van der Waals surface area contributed by atoms with E-state index in [0.29, 0.717) is 16.3 Å². The zero-order valence-electron chi connectivity index (χ0n) is 10.2. The number of nitrogens with one attached hydrogen (secondary N) is 1. The van der Waals surface area contributed by atoms with Crippen molar-refractivity contribution in [2.75, 3.05) is 11.8 Å². The Hall–Kier alpha value is -2.21. The number of anilines is 1. The maximum absolute atomic E-state index is 12.0. The zero-order chi connectivity index (χ0) is 13.7. The molecule has 1 aromatic heterocycles. The number of hydrogen-bond acceptors (Lipinski definition) is 4. The molecule has 5 nitrogen and oxygen atoms in total. The molecule has 0 amide bonds. The molecule has 6 heteroatoms. The maximum atomic E-state index is 12.0. The van der Waals surface area contributed by atoms with Crippen molar-refractivity contribution in [3.8, 4) is 0 Å². The first-order chi connectivity index (χ1) is 9.20. The summed E-state index contributed by atoms with van der Waals surface area (Å²) in [6.07, 6.45) is 1.37. The van der Waals surface area contributed by atoms with E-state index < -0.39 is 17.0 Å². The number of carbonyl (C=O) groups excluding carboxylic acids is 1. The number of esters is 1. The van der Waals surface area contributed by atoms with Gasteiger partial charge in [-0.25, -0.2) is 14.0 Å². The Balaban J connectivity index is 2.08. The van der Waals surface area contributed by atoms with Crippen molar-refractivity contribution >= 4 is 22.8 Å². The van der Waals surface area contributed by atoms with Crippen LogP contribution >= 0.6 is 0 Å². The van der Waals surface area contributed by atoms with Gasteiger partial charge in [-0.1, -0.05) is 18.2 Å². The number of benzene rings is 1. The van der Waals surface area contributed by atoms with E-state index >= 15 is 0 Å². The minimum Gasteiger partial charge on any atom is -0.465 e. The number of aromatic nitrogens is 1. The Labute approximate surface area is 113 Å². The minimum absolute atomic E-state index is 0.346. The van der Waals surface area contributed by atoms with Crippen LogP contribution in [0.2, 0.25) is 0 Å². The minimum atomic E-state index is -1.38. The molecule has 2 rings (SSSR count). The summed E-state index contributed by atoms with van der Waals surface area (Å²) >= 11 is 0. The lowest BCUT2D eigenvalue weighted by molar-refractivity contribution is 0.0600. The fourth-order valence-electron chi connectivity index (χ4n) is 1.39. The van der Waals surface area contributed by atoms with Gasteiger partial charge in [0.15, 0.2) is 11.0 Å². The molecule has 0 fully saturated rings. The molecule has 0 saturated heterocycles. The number of rotatable bonds is 4. The summed E-state index contributed by atoms with van der Waals surface area (Å²) in [5.74, 6) is -0.0296. The second-order valence-electron chi connectivity index (χ2n) is 3.61. The molecule has 0 radical (unpaired) electrons. The van der Waals surface area contributed by atoms with E-state index in [2.05, 4.69) is 14.4 Å². The third kappa shape index (κ3) is 3.38. The van der Waals surface area contributed by atoms with Crippen LogP contribution in [0.1, 0.15) is 10.4 Å². The van der Waals surface area contributed by atoms with Crippen molar-refractivity contribution in [1.82, 2.24) is 4.98 Å². The normalized spacial score (nSPS) is 11.6. The van der Waals surface area contributed by atoms with E-state index in [1.807, 2.05) is 18.2 Å². The molecular formula is C13H12N2O3S. The highest BCUT2D eigenvalue weighted by atomic mass is 32.2. The van der Waals surface area contributed by atoms with E-state index in [1.54, 1.807) is 24.3 Å². The van der Waals surface area contributed by atoms with Gasteiger partial charge in [-0.15, -0.1) is 0 Å². The topological polar surface area (TPSA) is 68.3 Å². The standard InChI is InChI=1S/C13H12N2O3S/c1-18-13(16)10-7-8-12(14-9-10)15-19(17)11-5-3-2-4-6-11/h2-9H,1H3,(H,14,15). The Morgan fingerprint density at radius 1 is 1.21 bits per heavy atom. The van der Waals surface area contributed by atoms with Crippen LogP contribution < -0.4 is 4.72 Å². The molecule has 0 aliphatic rings. The van der Waals surface area contributed by atoms with Crippen molar-refractivity contribution in [2.24, 2.45) is 0 Å². The summed E-state index contributed by atoms with van der Waals surface area (Å²) in [6.45, 7) is 0. The van der Waals surface area contributed by atoms with Crippen molar-refractivity contribution < 1.29 is 13.7 Å². The molecular weight excluding hydrogens is 264 g/mol. The van der Waals surface area contributed by atoms with Crippen molar-refractivity contribution in [2.45, 2.75) is 4.90 Å². The third-order valence-electron chi connectivity index (χ3n) is 2.34. The molecule has 1 atom stereocenters. The Morgan fingerprint density at radius 3 is 2.53 bits per heavy atom.